The van der Waals surface area contributed by atoms with E-state index in [1.807, 2.05) is 30.3 Å². The third-order valence-electron chi connectivity index (χ3n) is 4.78. The lowest BCUT2D eigenvalue weighted by molar-refractivity contribution is -0.149. The molecule has 136 valence electrons. The first-order valence-electron chi connectivity index (χ1n) is 8.57. The fraction of sp³-hybridized carbons (Fsp3) is 0.143. The number of likely N-dealkylation sites (N-methyl/N-ethyl adjacent to an activating group) is 1. The third-order valence-corrected chi connectivity index (χ3v) is 4.78. The molecule has 1 atom stereocenters. The highest BCUT2D eigenvalue weighted by Gasteiger charge is 2.52. The van der Waals surface area contributed by atoms with Gasteiger partial charge in [0.2, 0.25) is 0 Å². The molecule has 0 saturated heterocycles. The van der Waals surface area contributed by atoms with Crippen molar-refractivity contribution in [2.45, 2.75) is 5.72 Å². The number of para-hydroxylation sites is 1. The minimum atomic E-state index is -2.16. The maximum atomic E-state index is 13.1. The first-order valence-corrected chi connectivity index (χ1v) is 8.57. The van der Waals surface area contributed by atoms with Gasteiger partial charge in [-0.2, -0.15) is 0 Å². The van der Waals surface area contributed by atoms with Crippen LogP contribution in [0.15, 0.2) is 66.7 Å². The number of anilines is 2. The molecule has 0 saturated carbocycles. The monoisotopic (exact) mass is 361 g/mol. The summed E-state index contributed by atoms with van der Waals surface area (Å²) in [7, 11) is 3.10. The van der Waals surface area contributed by atoms with Gasteiger partial charge in [0.1, 0.15) is 0 Å². The summed E-state index contributed by atoms with van der Waals surface area (Å²) in [6.45, 7) is 0. The number of nitrogens with one attached hydrogen (secondary N) is 1. The Balaban J connectivity index is 2.03. The van der Waals surface area contributed by atoms with Gasteiger partial charge < -0.3 is 15.3 Å². The number of carbonyl (C=O) groups is 2. The molecule has 6 nitrogen and oxygen atoms in total. The average Bonchev–Trinajstić information content (AvgIpc) is 2.67. The molecule has 27 heavy (non-hydrogen) atoms. The number of hydrogen-bond acceptors (Lipinski definition) is 3. The average molecular weight is 361 g/mol. The molecule has 0 fully saturated rings. The smallest absolute Gasteiger partial charge is 0.329 e. The van der Waals surface area contributed by atoms with E-state index in [-0.39, 0.29) is 0 Å². The van der Waals surface area contributed by atoms with E-state index in [0.29, 0.717) is 16.9 Å². The van der Waals surface area contributed by atoms with Crippen molar-refractivity contribution in [3.63, 3.8) is 0 Å². The zero-order valence-electron chi connectivity index (χ0n) is 15.0. The van der Waals surface area contributed by atoms with Gasteiger partial charge in [-0.3, -0.25) is 9.69 Å². The molecule has 1 aliphatic rings. The molecule has 4 rings (SSSR count). The Kier molecular flexibility index (Phi) is 3.86. The van der Waals surface area contributed by atoms with E-state index in [1.54, 1.807) is 50.5 Å². The number of benzene rings is 3. The summed E-state index contributed by atoms with van der Waals surface area (Å²) in [5.41, 5.74) is -0.960. The molecule has 3 amide bonds. The van der Waals surface area contributed by atoms with Crippen LogP contribution in [-0.4, -0.2) is 36.0 Å². The predicted octanol–water partition coefficient (Wildman–Crippen LogP) is 3.13. The number of hydrogen-bond donors (Lipinski definition) is 2. The lowest BCUT2D eigenvalue weighted by Crippen LogP contribution is -2.62. The van der Waals surface area contributed by atoms with E-state index in [4.69, 9.17) is 0 Å². The van der Waals surface area contributed by atoms with Gasteiger partial charge in [-0.15, -0.1) is 0 Å². The maximum absolute atomic E-state index is 13.1. The number of fused-ring (bicyclic) bond motifs is 2. The number of rotatable bonds is 2. The Hall–Kier alpha value is -3.38. The molecular weight excluding hydrogens is 342 g/mol. The SMILES string of the molecule is CN(C)C(=O)C1(O)c2ccccc2NC(=O)N1c1cccc2ccccc12. The summed E-state index contributed by atoms with van der Waals surface area (Å²) < 4.78 is 0. The van der Waals surface area contributed by atoms with Gasteiger partial charge >= 0.3 is 6.03 Å². The maximum Gasteiger partial charge on any atom is 0.329 e. The number of nitrogens with zero attached hydrogens (tertiary/aromatic N) is 2. The van der Waals surface area contributed by atoms with Crippen molar-refractivity contribution < 1.29 is 14.7 Å². The van der Waals surface area contributed by atoms with Crippen LogP contribution in [0.5, 0.6) is 0 Å². The lowest BCUT2D eigenvalue weighted by atomic mass is 9.93. The van der Waals surface area contributed by atoms with Crippen LogP contribution >= 0.6 is 0 Å². The van der Waals surface area contributed by atoms with Gasteiger partial charge in [-0.05, 0) is 17.5 Å². The summed E-state index contributed by atoms with van der Waals surface area (Å²) in [5, 5.41) is 16.1. The van der Waals surface area contributed by atoms with Crippen molar-refractivity contribution in [3.05, 3.63) is 72.3 Å². The minimum absolute atomic E-state index is 0.330. The van der Waals surface area contributed by atoms with Gasteiger partial charge in [0, 0.05) is 25.0 Å². The molecule has 1 aliphatic heterocycles. The van der Waals surface area contributed by atoms with Gasteiger partial charge in [-0.1, -0.05) is 54.6 Å². The van der Waals surface area contributed by atoms with Gasteiger partial charge in [0.05, 0.1) is 11.4 Å². The molecule has 3 aromatic rings. The van der Waals surface area contributed by atoms with Crippen molar-refractivity contribution in [2.75, 3.05) is 24.3 Å². The summed E-state index contributed by atoms with van der Waals surface area (Å²) in [5.74, 6) is -0.599. The molecule has 6 heteroatoms. The van der Waals surface area contributed by atoms with E-state index in [2.05, 4.69) is 5.32 Å². The molecule has 2 N–H and O–H groups in total. The van der Waals surface area contributed by atoms with E-state index >= 15 is 0 Å². The quantitative estimate of drug-likeness (QED) is 0.737. The number of carbonyl (C=O) groups excluding carboxylic acids is 2. The van der Waals surface area contributed by atoms with Gasteiger partial charge in [-0.25, -0.2) is 4.79 Å². The highest BCUT2D eigenvalue weighted by Crippen LogP contribution is 2.42. The van der Waals surface area contributed by atoms with E-state index in [1.165, 1.54) is 4.90 Å². The van der Waals surface area contributed by atoms with Crippen LogP contribution in [0.25, 0.3) is 10.8 Å². The Labute approximate surface area is 156 Å². The topological polar surface area (TPSA) is 72.9 Å². The van der Waals surface area contributed by atoms with Crippen molar-refractivity contribution in [3.8, 4) is 0 Å². The van der Waals surface area contributed by atoms with Crippen LogP contribution in [0.4, 0.5) is 16.2 Å². The van der Waals surface area contributed by atoms with Crippen molar-refractivity contribution in [1.29, 1.82) is 0 Å². The van der Waals surface area contributed by atoms with Crippen LogP contribution in [-0.2, 0) is 10.5 Å². The van der Waals surface area contributed by atoms with Crippen LogP contribution < -0.4 is 10.2 Å². The van der Waals surface area contributed by atoms with Gasteiger partial charge in [0.15, 0.2) is 0 Å². The molecule has 3 aromatic carbocycles. The molecule has 0 radical (unpaired) electrons. The summed E-state index contributed by atoms with van der Waals surface area (Å²) in [6.07, 6.45) is 0. The Bertz CT molecular complexity index is 1060. The Morgan fingerprint density at radius 1 is 1.00 bits per heavy atom. The third kappa shape index (κ3) is 2.45. The molecule has 0 bridgehead atoms. The lowest BCUT2D eigenvalue weighted by Gasteiger charge is -2.44. The molecule has 0 spiro atoms. The number of amides is 3. The second kappa shape index (κ2) is 6.10. The number of aliphatic hydroxyl groups is 1. The largest absolute Gasteiger partial charge is 0.359 e. The molecule has 0 aliphatic carbocycles. The van der Waals surface area contributed by atoms with E-state index in [0.717, 1.165) is 15.7 Å². The molecule has 1 unspecified atom stereocenters. The zero-order chi connectivity index (χ0) is 19.2. The van der Waals surface area contributed by atoms with Crippen molar-refractivity contribution >= 4 is 34.1 Å². The van der Waals surface area contributed by atoms with Crippen molar-refractivity contribution in [1.82, 2.24) is 4.90 Å². The highest BCUT2D eigenvalue weighted by atomic mass is 16.3. The number of urea groups is 1. The van der Waals surface area contributed by atoms with Crippen LogP contribution in [0.3, 0.4) is 0 Å². The first-order chi connectivity index (χ1) is 12.9. The van der Waals surface area contributed by atoms with Gasteiger partial charge in [0.25, 0.3) is 11.6 Å². The minimum Gasteiger partial charge on any atom is -0.359 e. The second-order valence-electron chi connectivity index (χ2n) is 6.68. The van der Waals surface area contributed by atoms with Crippen molar-refractivity contribution in [2.24, 2.45) is 0 Å². The summed E-state index contributed by atoms with van der Waals surface area (Å²) in [4.78, 5) is 28.6. The van der Waals surface area contributed by atoms with E-state index < -0.39 is 17.7 Å². The van der Waals surface area contributed by atoms with Crippen LogP contribution in [0.2, 0.25) is 0 Å². The Morgan fingerprint density at radius 3 is 2.44 bits per heavy atom. The Morgan fingerprint density at radius 2 is 1.67 bits per heavy atom. The predicted molar refractivity (Wildman–Crippen MR) is 104 cm³/mol. The normalized spacial score (nSPS) is 18.8. The summed E-state index contributed by atoms with van der Waals surface area (Å²) in [6, 6.07) is 19.2. The highest BCUT2D eigenvalue weighted by molar-refractivity contribution is 6.15. The van der Waals surface area contributed by atoms with Crippen LogP contribution in [0.1, 0.15) is 5.56 Å². The molecular formula is C21H19N3O3. The standard InChI is InChI=1S/C21H19N3O3/c1-23(2)19(25)21(27)16-11-5-6-12-17(16)22-20(26)24(21)18-13-7-9-14-8-3-4-10-15(14)18/h3-13,27H,1-2H3,(H,22,26). The fourth-order valence-corrected chi connectivity index (χ4v) is 3.54. The molecule has 0 aromatic heterocycles. The van der Waals surface area contributed by atoms with E-state index in [9.17, 15) is 14.7 Å². The zero-order valence-corrected chi connectivity index (χ0v) is 15.0. The van der Waals surface area contributed by atoms with Crippen LogP contribution in [0, 0.1) is 0 Å². The summed E-state index contributed by atoms with van der Waals surface area (Å²) >= 11 is 0. The fourth-order valence-electron chi connectivity index (χ4n) is 3.54. The first kappa shape index (κ1) is 17.1. The second-order valence-corrected chi connectivity index (χ2v) is 6.68. The molecule has 1 heterocycles.